The molecule has 4 nitrogen and oxygen atoms in total. The molecular weight excluding hydrogens is 228 g/mol. The molecule has 1 aromatic rings. The van der Waals surface area contributed by atoms with E-state index >= 15 is 0 Å². The van der Waals surface area contributed by atoms with E-state index < -0.39 is 5.97 Å². The summed E-state index contributed by atoms with van der Waals surface area (Å²) in [5.41, 5.74) is 7.85. The van der Waals surface area contributed by atoms with E-state index in [0.29, 0.717) is 17.7 Å². The van der Waals surface area contributed by atoms with Crippen molar-refractivity contribution < 1.29 is 9.90 Å². The second-order valence-corrected chi connectivity index (χ2v) is 4.63. The Morgan fingerprint density at radius 3 is 2.72 bits per heavy atom. The van der Waals surface area contributed by atoms with Crippen LogP contribution in [0.15, 0.2) is 41.6 Å². The van der Waals surface area contributed by atoms with Gasteiger partial charge in [0.25, 0.3) is 0 Å². The molecule has 2 rings (SSSR count). The molecule has 0 spiro atoms. The van der Waals surface area contributed by atoms with Gasteiger partial charge in [0.05, 0.1) is 5.57 Å². The Labute approximate surface area is 107 Å². The third-order valence-corrected chi connectivity index (χ3v) is 3.44. The summed E-state index contributed by atoms with van der Waals surface area (Å²) in [5.74, 6) is -0.905. The summed E-state index contributed by atoms with van der Waals surface area (Å²) in [6.07, 6.45) is 0.624. The smallest absolute Gasteiger partial charge is 0.334 e. The molecule has 0 bridgehead atoms. The van der Waals surface area contributed by atoms with Crippen LogP contribution in [-0.2, 0) is 11.3 Å². The zero-order chi connectivity index (χ0) is 13.1. The van der Waals surface area contributed by atoms with Gasteiger partial charge in [0, 0.05) is 31.2 Å². The Bertz CT molecular complexity index is 468. The summed E-state index contributed by atoms with van der Waals surface area (Å²) in [5, 5.41) is 9.20. The first kappa shape index (κ1) is 12.6. The maximum Gasteiger partial charge on any atom is 0.334 e. The van der Waals surface area contributed by atoms with Gasteiger partial charge in [-0.3, -0.25) is 4.90 Å². The number of rotatable bonds is 3. The van der Waals surface area contributed by atoms with Gasteiger partial charge < -0.3 is 10.8 Å². The van der Waals surface area contributed by atoms with Gasteiger partial charge in [0.1, 0.15) is 0 Å². The van der Waals surface area contributed by atoms with E-state index in [-0.39, 0.29) is 6.04 Å². The number of aliphatic carboxylic acids is 1. The number of carboxylic acids is 1. The molecule has 0 aliphatic carbocycles. The fourth-order valence-corrected chi connectivity index (χ4v) is 2.39. The van der Waals surface area contributed by atoms with Gasteiger partial charge >= 0.3 is 5.97 Å². The average molecular weight is 246 g/mol. The zero-order valence-electron chi connectivity index (χ0n) is 10.5. The lowest BCUT2D eigenvalue weighted by atomic mass is 9.98. The molecule has 0 fully saturated rings. The van der Waals surface area contributed by atoms with E-state index in [1.165, 1.54) is 5.56 Å². The lowest BCUT2D eigenvalue weighted by Gasteiger charge is -2.34. The Kier molecular flexibility index (Phi) is 3.67. The molecule has 0 saturated carbocycles. The van der Waals surface area contributed by atoms with E-state index in [4.69, 9.17) is 5.73 Å². The minimum atomic E-state index is -0.905. The van der Waals surface area contributed by atoms with Crippen LogP contribution in [0.25, 0.3) is 0 Å². The Balaban J connectivity index is 2.15. The first-order valence-corrected chi connectivity index (χ1v) is 6.09. The van der Waals surface area contributed by atoms with E-state index in [2.05, 4.69) is 17.0 Å². The quantitative estimate of drug-likeness (QED) is 0.849. The zero-order valence-corrected chi connectivity index (χ0v) is 10.5. The molecule has 1 aliphatic heterocycles. The topological polar surface area (TPSA) is 66.6 Å². The molecule has 1 aliphatic rings. The lowest BCUT2D eigenvalue weighted by molar-refractivity contribution is -0.133. The van der Waals surface area contributed by atoms with Gasteiger partial charge in [-0.25, -0.2) is 4.79 Å². The van der Waals surface area contributed by atoms with Crippen LogP contribution in [0.3, 0.4) is 0 Å². The molecule has 1 heterocycles. The molecule has 1 atom stereocenters. The van der Waals surface area contributed by atoms with Crippen molar-refractivity contribution in [2.45, 2.75) is 25.9 Å². The first-order chi connectivity index (χ1) is 8.59. The molecule has 1 aromatic carbocycles. The second-order valence-electron chi connectivity index (χ2n) is 4.63. The van der Waals surface area contributed by atoms with Crippen molar-refractivity contribution in [1.82, 2.24) is 4.90 Å². The highest BCUT2D eigenvalue weighted by atomic mass is 16.4. The maximum absolute atomic E-state index is 11.2. The number of carbonyl (C=O) groups is 1. The van der Waals surface area contributed by atoms with Gasteiger partial charge in [-0.2, -0.15) is 0 Å². The van der Waals surface area contributed by atoms with Crippen molar-refractivity contribution >= 4 is 5.97 Å². The number of benzene rings is 1. The third kappa shape index (κ3) is 2.54. The van der Waals surface area contributed by atoms with Crippen molar-refractivity contribution in [2.75, 3.05) is 6.54 Å². The number of hydrogen-bond donors (Lipinski definition) is 2. The van der Waals surface area contributed by atoms with Crippen LogP contribution in [0, 0.1) is 0 Å². The molecule has 1 unspecified atom stereocenters. The third-order valence-electron chi connectivity index (χ3n) is 3.44. The molecule has 3 N–H and O–H groups in total. The van der Waals surface area contributed by atoms with Crippen molar-refractivity contribution in [3.63, 3.8) is 0 Å². The highest BCUT2D eigenvalue weighted by Gasteiger charge is 2.29. The van der Waals surface area contributed by atoms with Gasteiger partial charge in [0.2, 0.25) is 0 Å². The van der Waals surface area contributed by atoms with Crippen LogP contribution in [-0.4, -0.2) is 28.6 Å². The van der Waals surface area contributed by atoms with Gasteiger partial charge in [-0.05, 0) is 12.5 Å². The average Bonchev–Trinajstić information content (AvgIpc) is 2.34. The summed E-state index contributed by atoms with van der Waals surface area (Å²) in [6.45, 7) is 3.46. The number of nitrogens with zero attached hydrogens (tertiary/aromatic N) is 1. The molecule has 96 valence electrons. The molecule has 18 heavy (non-hydrogen) atoms. The summed E-state index contributed by atoms with van der Waals surface area (Å²) in [7, 11) is 0. The largest absolute Gasteiger partial charge is 0.478 e. The summed E-state index contributed by atoms with van der Waals surface area (Å²) in [6, 6.07) is 9.92. The molecule has 4 heteroatoms. The molecule has 0 amide bonds. The molecule has 0 saturated heterocycles. The predicted molar refractivity (Wildman–Crippen MR) is 69.8 cm³/mol. The monoisotopic (exact) mass is 246 g/mol. The fourth-order valence-electron chi connectivity index (χ4n) is 2.39. The Hall–Kier alpha value is -1.81. The van der Waals surface area contributed by atoms with Crippen molar-refractivity contribution in [1.29, 1.82) is 0 Å². The van der Waals surface area contributed by atoms with E-state index in [1.807, 2.05) is 25.1 Å². The maximum atomic E-state index is 11.2. The van der Waals surface area contributed by atoms with Gasteiger partial charge in [0.15, 0.2) is 0 Å². The van der Waals surface area contributed by atoms with Crippen LogP contribution < -0.4 is 5.73 Å². The minimum Gasteiger partial charge on any atom is -0.478 e. The van der Waals surface area contributed by atoms with Crippen molar-refractivity contribution in [3.05, 3.63) is 47.2 Å². The van der Waals surface area contributed by atoms with Crippen LogP contribution in [0.4, 0.5) is 0 Å². The highest BCUT2D eigenvalue weighted by molar-refractivity contribution is 5.89. The Morgan fingerprint density at radius 1 is 1.44 bits per heavy atom. The minimum absolute atomic E-state index is 0.142. The van der Waals surface area contributed by atoms with E-state index in [0.717, 1.165) is 13.1 Å². The molecule has 0 aromatic heterocycles. The summed E-state index contributed by atoms with van der Waals surface area (Å²) < 4.78 is 0. The second kappa shape index (κ2) is 5.23. The normalized spacial score (nSPS) is 21.1. The van der Waals surface area contributed by atoms with Crippen LogP contribution >= 0.6 is 0 Å². The van der Waals surface area contributed by atoms with E-state index in [9.17, 15) is 9.90 Å². The number of hydrogen-bond acceptors (Lipinski definition) is 3. The Morgan fingerprint density at radius 2 is 2.11 bits per heavy atom. The predicted octanol–water partition coefficient (Wildman–Crippen LogP) is 1.58. The lowest BCUT2D eigenvalue weighted by Crippen LogP contribution is -2.42. The number of nitrogens with two attached hydrogens (primary N) is 1. The SMILES string of the molecule is CC1C(C(=O)O)=C(N)CCN1Cc1ccccc1. The summed E-state index contributed by atoms with van der Waals surface area (Å²) in [4.78, 5) is 13.4. The number of carboxylic acid groups (broad SMARTS) is 1. The van der Waals surface area contributed by atoms with Crippen LogP contribution in [0.5, 0.6) is 0 Å². The van der Waals surface area contributed by atoms with Gasteiger partial charge in [-0.1, -0.05) is 30.3 Å². The standard InChI is InChI=1S/C14H18N2O2/c1-10-13(14(17)18)12(15)7-8-16(10)9-11-5-3-2-4-6-11/h2-6,10H,7-9,15H2,1H3,(H,17,18). The van der Waals surface area contributed by atoms with Crippen LogP contribution in [0.1, 0.15) is 18.9 Å². The molecule has 0 radical (unpaired) electrons. The molecular formula is C14H18N2O2. The van der Waals surface area contributed by atoms with Crippen molar-refractivity contribution in [3.8, 4) is 0 Å². The fraction of sp³-hybridized carbons (Fsp3) is 0.357. The van der Waals surface area contributed by atoms with Crippen molar-refractivity contribution in [2.24, 2.45) is 5.73 Å². The first-order valence-electron chi connectivity index (χ1n) is 6.09. The van der Waals surface area contributed by atoms with Crippen LogP contribution in [0.2, 0.25) is 0 Å². The van der Waals surface area contributed by atoms with E-state index in [1.54, 1.807) is 0 Å². The summed E-state index contributed by atoms with van der Waals surface area (Å²) >= 11 is 0. The highest BCUT2D eigenvalue weighted by Crippen LogP contribution is 2.23. The van der Waals surface area contributed by atoms with Gasteiger partial charge in [-0.15, -0.1) is 0 Å².